The van der Waals surface area contributed by atoms with E-state index >= 15 is 0 Å². The van der Waals surface area contributed by atoms with Crippen molar-refractivity contribution in [2.45, 2.75) is 12.8 Å². The van der Waals surface area contributed by atoms with Gasteiger partial charge in [-0.2, -0.15) is 0 Å². The van der Waals surface area contributed by atoms with E-state index in [2.05, 4.69) is 0 Å². The zero-order chi connectivity index (χ0) is 10.6. The van der Waals surface area contributed by atoms with E-state index in [0.29, 0.717) is 12.3 Å². The Morgan fingerprint density at radius 3 is 2.79 bits per heavy atom. The minimum atomic E-state index is -0.473. The molecule has 4 nitrogen and oxygen atoms in total. The van der Waals surface area contributed by atoms with Crippen LogP contribution in [0.15, 0.2) is 18.2 Å². The van der Waals surface area contributed by atoms with Gasteiger partial charge in [0.2, 0.25) is 0 Å². The van der Waals surface area contributed by atoms with Gasteiger partial charge in [0, 0.05) is 11.9 Å². The normalized spacial score (nSPS) is 10.1. The van der Waals surface area contributed by atoms with Crippen molar-refractivity contribution in [2.24, 2.45) is 0 Å². The van der Waals surface area contributed by atoms with Gasteiger partial charge in [0.25, 0.3) is 5.69 Å². The maximum Gasteiger partial charge on any atom is 0.292 e. The lowest BCUT2D eigenvalue weighted by atomic mass is 10.1. The molecule has 1 rings (SSSR count). The lowest BCUT2D eigenvalue weighted by Crippen LogP contribution is -2.00. The predicted octanol–water partition coefficient (Wildman–Crippen LogP) is 2.35. The number of rotatable bonds is 4. The van der Waals surface area contributed by atoms with Crippen molar-refractivity contribution in [3.05, 3.63) is 33.9 Å². The highest BCUT2D eigenvalue weighted by molar-refractivity contribution is 6.17. The highest BCUT2D eigenvalue weighted by Crippen LogP contribution is 2.25. The number of anilines is 1. The monoisotopic (exact) mass is 214 g/mol. The van der Waals surface area contributed by atoms with E-state index in [9.17, 15) is 10.1 Å². The molecule has 0 unspecified atom stereocenters. The predicted molar refractivity (Wildman–Crippen MR) is 56.5 cm³/mol. The lowest BCUT2D eigenvalue weighted by Gasteiger charge is -2.04. The molecule has 0 saturated heterocycles. The summed E-state index contributed by atoms with van der Waals surface area (Å²) in [6.45, 7) is 0. The number of benzene rings is 1. The maximum absolute atomic E-state index is 10.5. The summed E-state index contributed by atoms with van der Waals surface area (Å²) in [6.07, 6.45) is 1.45. The van der Waals surface area contributed by atoms with Gasteiger partial charge >= 0.3 is 0 Å². The first-order valence-electron chi connectivity index (χ1n) is 4.24. The van der Waals surface area contributed by atoms with Crippen LogP contribution in [0.4, 0.5) is 11.4 Å². The second kappa shape index (κ2) is 4.81. The lowest BCUT2D eigenvalue weighted by molar-refractivity contribution is -0.383. The third-order valence-corrected chi connectivity index (χ3v) is 2.22. The summed E-state index contributed by atoms with van der Waals surface area (Å²) in [6, 6.07) is 4.83. The largest absolute Gasteiger partial charge is 0.393 e. The second-order valence-electron chi connectivity index (χ2n) is 2.90. The molecule has 14 heavy (non-hydrogen) atoms. The number of para-hydroxylation sites is 1. The van der Waals surface area contributed by atoms with Crippen molar-refractivity contribution in [3.63, 3.8) is 0 Å². The van der Waals surface area contributed by atoms with Crippen molar-refractivity contribution in [2.75, 3.05) is 11.6 Å². The average Bonchev–Trinajstić information content (AvgIpc) is 2.16. The van der Waals surface area contributed by atoms with Crippen LogP contribution >= 0.6 is 11.6 Å². The van der Waals surface area contributed by atoms with Crippen LogP contribution in [0, 0.1) is 10.1 Å². The van der Waals surface area contributed by atoms with E-state index in [1.54, 1.807) is 12.1 Å². The van der Waals surface area contributed by atoms with E-state index in [1.807, 2.05) is 0 Å². The van der Waals surface area contributed by atoms with Gasteiger partial charge < -0.3 is 5.73 Å². The number of nitrogens with zero attached hydrogens (tertiary/aromatic N) is 1. The molecule has 2 N–H and O–H groups in total. The van der Waals surface area contributed by atoms with Crippen LogP contribution in [0.3, 0.4) is 0 Å². The fraction of sp³-hybridized carbons (Fsp3) is 0.333. The second-order valence-corrected chi connectivity index (χ2v) is 3.28. The van der Waals surface area contributed by atoms with Crippen LogP contribution in [-0.2, 0) is 6.42 Å². The number of nitro groups is 1. The van der Waals surface area contributed by atoms with Crippen LogP contribution in [0.5, 0.6) is 0 Å². The van der Waals surface area contributed by atoms with Gasteiger partial charge in [0.1, 0.15) is 5.69 Å². The first-order valence-corrected chi connectivity index (χ1v) is 4.78. The molecule has 0 atom stereocenters. The molecule has 0 amide bonds. The molecule has 1 aromatic carbocycles. The van der Waals surface area contributed by atoms with Crippen LogP contribution in [0.2, 0.25) is 0 Å². The zero-order valence-electron chi connectivity index (χ0n) is 7.57. The summed E-state index contributed by atoms with van der Waals surface area (Å²) in [5.41, 5.74) is 6.65. The van der Waals surface area contributed by atoms with E-state index < -0.39 is 4.92 Å². The number of aryl methyl sites for hydroxylation is 1. The molecular formula is C9H11ClN2O2. The van der Waals surface area contributed by atoms with Gasteiger partial charge in [-0.25, -0.2) is 0 Å². The summed E-state index contributed by atoms with van der Waals surface area (Å²) in [4.78, 5) is 10.1. The molecular weight excluding hydrogens is 204 g/mol. The summed E-state index contributed by atoms with van der Waals surface area (Å²) in [5, 5.41) is 10.5. The molecule has 0 radical (unpaired) electrons. The fourth-order valence-electron chi connectivity index (χ4n) is 1.23. The Bertz CT molecular complexity index is 342. The van der Waals surface area contributed by atoms with Gasteiger partial charge in [-0.15, -0.1) is 11.6 Å². The van der Waals surface area contributed by atoms with Crippen LogP contribution in [0.25, 0.3) is 0 Å². The topological polar surface area (TPSA) is 69.2 Å². The molecule has 76 valence electrons. The van der Waals surface area contributed by atoms with E-state index in [1.165, 1.54) is 6.07 Å². The Morgan fingerprint density at radius 1 is 1.50 bits per heavy atom. The van der Waals surface area contributed by atoms with E-state index in [-0.39, 0.29) is 11.4 Å². The molecule has 0 saturated carbocycles. The number of nitrogen functional groups attached to an aromatic ring is 1. The zero-order valence-corrected chi connectivity index (χ0v) is 8.33. The SMILES string of the molecule is Nc1c(CCCCl)cccc1[N+](=O)[O-]. The minimum absolute atomic E-state index is 0.0305. The Balaban J connectivity index is 2.95. The highest BCUT2D eigenvalue weighted by Gasteiger charge is 2.13. The van der Waals surface area contributed by atoms with Crippen molar-refractivity contribution < 1.29 is 4.92 Å². The third kappa shape index (κ3) is 2.35. The maximum atomic E-state index is 10.5. The fourth-order valence-corrected chi connectivity index (χ4v) is 1.37. The van der Waals surface area contributed by atoms with Crippen LogP contribution < -0.4 is 5.73 Å². The number of nitro benzene ring substituents is 1. The van der Waals surface area contributed by atoms with Crippen LogP contribution in [-0.4, -0.2) is 10.8 Å². The van der Waals surface area contributed by atoms with Crippen molar-refractivity contribution in [1.82, 2.24) is 0 Å². The molecule has 1 aromatic rings. The number of nitrogens with two attached hydrogens (primary N) is 1. The molecule has 5 heteroatoms. The molecule has 0 aromatic heterocycles. The van der Waals surface area contributed by atoms with E-state index in [4.69, 9.17) is 17.3 Å². The summed E-state index contributed by atoms with van der Waals surface area (Å²) in [7, 11) is 0. The van der Waals surface area contributed by atoms with E-state index in [0.717, 1.165) is 12.0 Å². The molecule has 0 spiro atoms. The average molecular weight is 215 g/mol. The molecule has 0 heterocycles. The van der Waals surface area contributed by atoms with Crippen LogP contribution in [0.1, 0.15) is 12.0 Å². The van der Waals surface area contributed by atoms with Crippen molar-refractivity contribution in [1.29, 1.82) is 0 Å². The summed E-state index contributed by atoms with van der Waals surface area (Å²) < 4.78 is 0. The summed E-state index contributed by atoms with van der Waals surface area (Å²) in [5.74, 6) is 0.530. The standard InChI is InChI=1S/C9H11ClN2O2/c10-6-2-4-7-3-1-5-8(9(7)11)12(13)14/h1,3,5H,2,4,6,11H2. The molecule has 0 bridgehead atoms. The Labute approximate surface area is 86.8 Å². The summed E-state index contributed by atoms with van der Waals surface area (Å²) >= 11 is 5.53. The Kier molecular flexibility index (Phi) is 3.71. The van der Waals surface area contributed by atoms with Gasteiger partial charge in [0.05, 0.1) is 4.92 Å². The Hall–Kier alpha value is -1.29. The van der Waals surface area contributed by atoms with Gasteiger partial charge in [0.15, 0.2) is 0 Å². The molecule has 0 aliphatic carbocycles. The number of hydrogen-bond acceptors (Lipinski definition) is 3. The Morgan fingerprint density at radius 2 is 2.21 bits per heavy atom. The first kappa shape index (κ1) is 10.8. The molecule has 0 aliphatic rings. The smallest absolute Gasteiger partial charge is 0.292 e. The van der Waals surface area contributed by atoms with Gasteiger partial charge in [-0.1, -0.05) is 12.1 Å². The minimum Gasteiger partial charge on any atom is -0.393 e. The number of alkyl halides is 1. The first-order chi connectivity index (χ1) is 6.66. The number of halogens is 1. The van der Waals surface area contributed by atoms with Gasteiger partial charge in [-0.3, -0.25) is 10.1 Å². The molecule has 0 aliphatic heterocycles. The van der Waals surface area contributed by atoms with Crippen molar-refractivity contribution in [3.8, 4) is 0 Å². The quantitative estimate of drug-likeness (QED) is 0.362. The molecule has 0 fully saturated rings. The third-order valence-electron chi connectivity index (χ3n) is 1.95. The highest BCUT2D eigenvalue weighted by atomic mass is 35.5. The number of hydrogen-bond donors (Lipinski definition) is 1. The van der Waals surface area contributed by atoms with Gasteiger partial charge in [-0.05, 0) is 18.4 Å². The van der Waals surface area contributed by atoms with Crippen molar-refractivity contribution >= 4 is 23.0 Å².